The van der Waals surface area contributed by atoms with Crippen LogP contribution in [0.5, 0.6) is 0 Å². The number of para-hydroxylation sites is 1. The van der Waals surface area contributed by atoms with Gasteiger partial charge in [-0.1, -0.05) is 31.0 Å². The van der Waals surface area contributed by atoms with Gasteiger partial charge in [0.05, 0.1) is 5.69 Å². The average Bonchev–Trinajstić information content (AvgIpc) is 3.21. The lowest BCUT2D eigenvalue weighted by Crippen LogP contribution is -2.40. The Morgan fingerprint density at radius 2 is 1.71 bits per heavy atom. The number of ether oxygens (including phenoxy) is 1. The molecule has 148 valence electrons. The van der Waals surface area contributed by atoms with Gasteiger partial charge in [-0.15, -0.1) is 0 Å². The number of nitrogens with zero attached hydrogens (tertiary/aromatic N) is 3. The number of rotatable bonds is 4. The van der Waals surface area contributed by atoms with E-state index in [2.05, 4.69) is 5.10 Å². The fourth-order valence-corrected chi connectivity index (χ4v) is 4.20. The topological polar surface area (TPSA) is 64.4 Å². The summed E-state index contributed by atoms with van der Waals surface area (Å²) in [6.45, 7) is 3.16. The lowest BCUT2D eigenvalue weighted by atomic mass is 10.2. The third kappa shape index (κ3) is 3.68. The van der Waals surface area contributed by atoms with E-state index in [9.17, 15) is 9.59 Å². The van der Waals surface area contributed by atoms with Crippen molar-refractivity contribution in [2.75, 3.05) is 13.1 Å². The molecule has 28 heavy (non-hydrogen) atoms. The van der Waals surface area contributed by atoms with Crippen LogP contribution < -0.4 is 0 Å². The SMILES string of the molecule is CC(OC(=O)c1nn(-c2ccccc2)c2c1CCC2)C(=O)N1CCCCCC1. The van der Waals surface area contributed by atoms with Crippen LogP contribution in [0, 0.1) is 0 Å². The zero-order valence-corrected chi connectivity index (χ0v) is 16.4. The Balaban J connectivity index is 1.51. The maximum Gasteiger partial charge on any atom is 0.359 e. The first-order chi connectivity index (χ1) is 13.6. The number of hydrogen-bond acceptors (Lipinski definition) is 4. The van der Waals surface area contributed by atoms with Crippen molar-refractivity contribution < 1.29 is 14.3 Å². The smallest absolute Gasteiger partial charge is 0.359 e. The minimum Gasteiger partial charge on any atom is -0.448 e. The van der Waals surface area contributed by atoms with Gasteiger partial charge in [0, 0.05) is 24.3 Å². The molecule has 0 N–H and O–H groups in total. The highest BCUT2D eigenvalue weighted by Gasteiger charge is 2.31. The van der Waals surface area contributed by atoms with Gasteiger partial charge in [0.1, 0.15) is 0 Å². The molecule has 1 amide bonds. The van der Waals surface area contributed by atoms with E-state index in [1.165, 1.54) is 0 Å². The molecule has 1 atom stereocenters. The zero-order chi connectivity index (χ0) is 19.5. The molecule has 6 nitrogen and oxygen atoms in total. The Kier molecular flexibility index (Phi) is 5.46. The first-order valence-electron chi connectivity index (χ1n) is 10.3. The fourth-order valence-electron chi connectivity index (χ4n) is 4.20. The Morgan fingerprint density at radius 1 is 1.00 bits per heavy atom. The maximum atomic E-state index is 12.8. The van der Waals surface area contributed by atoms with Crippen LogP contribution in [0.25, 0.3) is 5.69 Å². The molecule has 1 aliphatic heterocycles. The molecule has 1 aromatic heterocycles. The van der Waals surface area contributed by atoms with E-state index in [4.69, 9.17) is 4.74 Å². The van der Waals surface area contributed by atoms with Gasteiger partial charge in [-0.2, -0.15) is 5.10 Å². The highest BCUT2D eigenvalue weighted by Crippen LogP contribution is 2.28. The first kappa shape index (κ1) is 18.7. The number of amides is 1. The molecule has 1 aromatic carbocycles. The van der Waals surface area contributed by atoms with Gasteiger partial charge in [-0.25, -0.2) is 9.48 Å². The summed E-state index contributed by atoms with van der Waals surface area (Å²) < 4.78 is 7.41. The van der Waals surface area contributed by atoms with Gasteiger partial charge in [-0.05, 0) is 51.2 Å². The standard InChI is InChI=1S/C22H27N3O3/c1-16(21(26)24-14-7-2-3-8-15-24)28-22(27)20-18-12-9-13-19(18)25(23-20)17-10-5-4-6-11-17/h4-6,10-11,16H,2-3,7-9,12-15H2,1H3. The van der Waals surface area contributed by atoms with Crippen molar-refractivity contribution in [2.45, 2.75) is 58.0 Å². The molecule has 1 saturated heterocycles. The van der Waals surface area contributed by atoms with Crippen molar-refractivity contribution in [1.82, 2.24) is 14.7 Å². The molecular weight excluding hydrogens is 354 g/mol. The number of aromatic nitrogens is 2. The Hall–Kier alpha value is -2.63. The lowest BCUT2D eigenvalue weighted by Gasteiger charge is -2.23. The van der Waals surface area contributed by atoms with Crippen LogP contribution in [0.4, 0.5) is 0 Å². The number of fused-ring (bicyclic) bond motifs is 1. The van der Waals surface area contributed by atoms with E-state index >= 15 is 0 Å². The average molecular weight is 381 g/mol. The molecule has 0 saturated carbocycles. The number of carbonyl (C=O) groups is 2. The highest BCUT2D eigenvalue weighted by atomic mass is 16.5. The first-order valence-corrected chi connectivity index (χ1v) is 10.3. The summed E-state index contributed by atoms with van der Waals surface area (Å²) in [5.74, 6) is -0.599. The summed E-state index contributed by atoms with van der Waals surface area (Å²) in [7, 11) is 0. The third-order valence-electron chi connectivity index (χ3n) is 5.67. The van der Waals surface area contributed by atoms with E-state index < -0.39 is 12.1 Å². The van der Waals surface area contributed by atoms with Gasteiger partial charge in [0.2, 0.25) is 0 Å². The normalized spacial score (nSPS) is 17.7. The fraction of sp³-hybridized carbons (Fsp3) is 0.500. The molecule has 4 rings (SSSR count). The molecule has 2 heterocycles. The Morgan fingerprint density at radius 3 is 2.43 bits per heavy atom. The second kappa shape index (κ2) is 8.17. The monoisotopic (exact) mass is 381 g/mol. The van der Waals surface area contributed by atoms with Gasteiger partial charge in [0.25, 0.3) is 5.91 Å². The van der Waals surface area contributed by atoms with Crippen molar-refractivity contribution >= 4 is 11.9 Å². The Bertz CT molecular complexity index is 851. The molecule has 2 aromatic rings. The minimum atomic E-state index is -0.787. The summed E-state index contributed by atoms with van der Waals surface area (Å²) in [5.41, 5.74) is 3.33. The minimum absolute atomic E-state index is 0.102. The van der Waals surface area contributed by atoms with Gasteiger partial charge in [-0.3, -0.25) is 4.79 Å². The zero-order valence-electron chi connectivity index (χ0n) is 16.4. The number of carbonyl (C=O) groups excluding carboxylic acids is 2. The van der Waals surface area contributed by atoms with Crippen molar-refractivity contribution in [2.24, 2.45) is 0 Å². The van der Waals surface area contributed by atoms with E-state index in [0.717, 1.165) is 75.0 Å². The summed E-state index contributed by atoms with van der Waals surface area (Å²) >= 11 is 0. The Labute approximate surface area is 165 Å². The van der Waals surface area contributed by atoms with Crippen LogP contribution in [0.1, 0.15) is 60.8 Å². The molecule has 2 aliphatic rings. The van der Waals surface area contributed by atoms with Crippen molar-refractivity contribution in [3.05, 3.63) is 47.3 Å². The summed E-state index contributed by atoms with van der Waals surface area (Å²) in [6, 6.07) is 9.83. The lowest BCUT2D eigenvalue weighted by molar-refractivity contribution is -0.139. The number of hydrogen-bond donors (Lipinski definition) is 0. The predicted molar refractivity (Wildman–Crippen MR) is 106 cm³/mol. The van der Waals surface area contributed by atoms with Crippen LogP contribution >= 0.6 is 0 Å². The molecule has 1 fully saturated rings. The molecule has 6 heteroatoms. The summed E-state index contributed by atoms with van der Waals surface area (Å²) in [6.07, 6.45) is 6.27. The summed E-state index contributed by atoms with van der Waals surface area (Å²) in [5, 5.41) is 4.56. The second-order valence-electron chi connectivity index (χ2n) is 7.66. The molecule has 1 unspecified atom stereocenters. The van der Waals surface area contributed by atoms with Crippen LogP contribution in [-0.4, -0.2) is 45.8 Å². The van der Waals surface area contributed by atoms with E-state index in [1.807, 2.05) is 39.9 Å². The van der Waals surface area contributed by atoms with Crippen LogP contribution in [-0.2, 0) is 22.4 Å². The molecule has 0 radical (unpaired) electrons. The van der Waals surface area contributed by atoms with Gasteiger partial charge >= 0.3 is 5.97 Å². The van der Waals surface area contributed by atoms with Crippen LogP contribution in [0.3, 0.4) is 0 Å². The van der Waals surface area contributed by atoms with Crippen molar-refractivity contribution in [1.29, 1.82) is 0 Å². The maximum absolute atomic E-state index is 12.8. The quantitative estimate of drug-likeness (QED) is 0.762. The molecule has 0 spiro atoms. The molecule has 0 bridgehead atoms. The molecular formula is C22H27N3O3. The van der Waals surface area contributed by atoms with E-state index in [0.29, 0.717) is 5.69 Å². The number of benzene rings is 1. The van der Waals surface area contributed by atoms with Gasteiger partial charge < -0.3 is 9.64 Å². The second-order valence-corrected chi connectivity index (χ2v) is 7.66. The summed E-state index contributed by atoms with van der Waals surface area (Å²) in [4.78, 5) is 27.4. The third-order valence-corrected chi connectivity index (χ3v) is 5.67. The predicted octanol–water partition coefficient (Wildman–Crippen LogP) is 3.31. The van der Waals surface area contributed by atoms with E-state index in [1.54, 1.807) is 6.92 Å². The van der Waals surface area contributed by atoms with Crippen molar-refractivity contribution in [3.8, 4) is 5.69 Å². The van der Waals surface area contributed by atoms with Gasteiger partial charge in [0.15, 0.2) is 11.8 Å². The largest absolute Gasteiger partial charge is 0.448 e. The molecule has 1 aliphatic carbocycles. The van der Waals surface area contributed by atoms with E-state index in [-0.39, 0.29) is 5.91 Å². The number of likely N-dealkylation sites (tertiary alicyclic amines) is 1. The van der Waals surface area contributed by atoms with Crippen molar-refractivity contribution in [3.63, 3.8) is 0 Å². The highest BCUT2D eigenvalue weighted by molar-refractivity contribution is 5.92. The van der Waals surface area contributed by atoms with Crippen LogP contribution in [0.15, 0.2) is 30.3 Å². The number of esters is 1. The van der Waals surface area contributed by atoms with Crippen LogP contribution in [0.2, 0.25) is 0 Å².